The summed E-state index contributed by atoms with van der Waals surface area (Å²) in [5.41, 5.74) is -4.60. The first-order valence-corrected chi connectivity index (χ1v) is 33.0. The van der Waals surface area contributed by atoms with E-state index < -0.39 is 103 Å². The molecule has 0 aliphatic carbocycles. The Labute approximate surface area is 487 Å². The molecule has 0 spiro atoms. The number of likely N-dealkylation sites (N-methyl/N-ethyl adjacent to an activating group) is 1. The van der Waals surface area contributed by atoms with Gasteiger partial charge in [0.05, 0.1) is 47.8 Å². The van der Waals surface area contributed by atoms with Gasteiger partial charge in [-0.05, 0) is 92.7 Å². The van der Waals surface area contributed by atoms with Crippen molar-refractivity contribution in [2.45, 2.75) is 243 Å². The molecule has 458 valence electrons. The molecule has 0 saturated carbocycles. The molecule has 3 aliphatic heterocycles. The summed E-state index contributed by atoms with van der Waals surface area (Å²) in [6.45, 7) is 18.2. The second-order valence-electron chi connectivity index (χ2n) is 25.8. The average Bonchev–Trinajstić information content (AvgIpc) is 3.47. The first-order valence-electron chi connectivity index (χ1n) is 30.8. The van der Waals surface area contributed by atoms with Crippen molar-refractivity contribution in [1.29, 1.82) is 0 Å². The molecule has 6 N–H and O–H groups in total. The summed E-state index contributed by atoms with van der Waals surface area (Å²) in [6, 6.07) is 32.1. The number of amides is 1. The van der Waals surface area contributed by atoms with Gasteiger partial charge in [0.25, 0.3) is 0 Å². The molecule has 3 saturated heterocycles. The van der Waals surface area contributed by atoms with Gasteiger partial charge in [-0.3, -0.25) is 0 Å². The summed E-state index contributed by atoms with van der Waals surface area (Å²) in [7, 11) is 3.09. The first kappa shape index (κ1) is 67.2. The van der Waals surface area contributed by atoms with Crippen molar-refractivity contribution in [2.24, 2.45) is 23.7 Å². The summed E-state index contributed by atoms with van der Waals surface area (Å²) in [5.74, 6) is -2.58. The van der Waals surface area contributed by atoms with E-state index in [9.17, 15) is 35.4 Å². The molecule has 3 fully saturated rings. The fourth-order valence-corrected chi connectivity index (χ4v) is 19.4. The van der Waals surface area contributed by atoms with Gasteiger partial charge in [-0.25, -0.2) is 0 Å². The quantitative estimate of drug-likeness (QED) is 0.0471. The third-order valence-electron chi connectivity index (χ3n) is 19.2. The van der Waals surface area contributed by atoms with Crippen molar-refractivity contribution in [3.63, 3.8) is 0 Å². The molecule has 81 heavy (non-hydrogen) atoms. The summed E-state index contributed by atoms with van der Waals surface area (Å²) < 4.78 is 32.5. The Bertz CT molecular complexity index is 2220. The number of aliphatic hydroxyl groups is 6. The maximum atomic E-state index is 14.7. The van der Waals surface area contributed by atoms with Crippen LogP contribution in [0.3, 0.4) is 0 Å². The van der Waals surface area contributed by atoms with E-state index in [1.807, 2.05) is 60.5 Å². The minimum atomic E-state index is -2.27. The second kappa shape index (κ2) is 29.9. The summed E-state index contributed by atoms with van der Waals surface area (Å²) >= 11 is 0. The van der Waals surface area contributed by atoms with Crippen molar-refractivity contribution in [1.82, 2.24) is 9.80 Å². The number of hydrogen-bond acceptors (Lipinski definition) is 13. The van der Waals surface area contributed by atoms with Gasteiger partial charge in [-0.1, -0.05) is 27.7 Å². The number of unbranched alkanes of at least 4 members (excludes halogenated alkanes) is 7. The molecule has 3 aromatic carbocycles. The van der Waals surface area contributed by atoms with E-state index in [4.69, 9.17) is 23.7 Å². The molecule has 0 radical (unpaired) electrons. The SMILES string of the molecule is CC[C@H]1OC(O)[C@H](C)C([C@H]2C[C@@](C)(OC)[C@@H](O)[C@H](C)O2)[C@H](C)[C@@H](O[C@@H]2O[C@H](C)C[C@H](N(C)C)[C@H]2O)[C@](C)(O)C[C@@H](C)CN(C(=O)CCCCCCCCCC[PH](c2ccccc2)(c2ccccc2)c2ccccc2)[C@H](C)[C@@H](O)[C@]1(C)O. The molecule has 1 amide bonds. The monoisotopic (exact) mass is 1150 g/mol. The molecule has 15 heteroatoms. The van der Waals surface area contributed by atoms with E-state index in [-0.39, 0.29) is 56.2 Å². The number of ether oxygens (including phenoxy) is 5. The van der Waals surface area contributed by atoms with E-state index in [1.54, 1.807) is 32.8 Å². The summed E-state index contributed by atoms with van der Waals surface area (Å²) in [4.78, 5) is 18.3. The third-order valence-corrected chi connectivity index (χ3v) is 24.3. The van der Waals surface area contributed by atoms with Crippen LogP contribution in [-0.4, -0.2) is 171 Å². The van der Waals surface area contributed by atoms with Crippen LogP contribution >= 0.6 is 7.26 Å². The molecular formula is C66H107N2O12P. The van der Waals surface area contributed by atoms with Crippen molar-refractivity contribution in [2.75, 3.05) is 33.9 Å². The predicted octanol–water partition coefficient (Wildman–Crippen LogP) is 8.10. The Morgan fingerprint density at radius 2 is 1.22 bits per heavy atom. The Hall–Kier alpha value is -2.92. The van der Waals surface area contributed by atoms with Gasteiger partial charge in [0.15, 0.2) is 12.6 Å². The first-order chi connectivity index (χ1) is 38.3. The van der Waals surface area contributed by atoms with Crippen molar-refractivity contribution < 1.29 is 59.1 Å². The molecule has 3 aromatic rings. The molecule has 3 heterocycles. The van der Waals surface area contributed by atoms with Crippen LogP contribution in [0.1, 0.15) is 153 Å². The van der Waals surface area contributed by atoms with Gasteiger partial charge in [-0.15, -0.1) is 0 Å². The smallest absolute Gasteiger partial charge is 0.116 e. The minimum Gasteiger partial charge on any atom is -0.388 e. The van der Waals surface area contributed by atoms with E-state index in [0.717, 1.165) is 51.1 Å². The average molecular weight is 1150 g/mol. The molecule has 0 aromatic heterocycles. The predicted molar refractivity (Wildman–Crippen MR) is 326 cm³/mol. The van der Waals surface area contributed by atoms with E-state index in [0.29, 0.717) is 12.8 Å². The Morgan fingerprint density at radius 3 is 1.73 bits per heavy atom. The number of hydrogen-bond donors (Lipinski definition) is 6. The van der Waals surface area contributed by atoms with Crippen LogP contribution in [0.4, 0.5) is 0 Å². The maximum Gasteiger partial charge on any atom is 0.116 e. The molecule has 6 rings (SSSR count). The zero-order valence-corrected chi connectivity index (χ0v) is 52.5. The maximum absolute atomic E-state index is 14.7. The third kappa shape index (κ3) is 16.1. The molecule has 14 nitrogen and oxygen atoms in total. The van der Waals surface area contributed by atoms with E-state index in [2.05, 4.69) is 91.0 Å². The molecular weight excluding hydrogens is 1040 g/mol. The number of carbonyl (C=O) groups excluding carboxylic acids is 1. The Morgan fingerprint density at radius 1 is 0.704 bits per heavy atom. The van der Waals surface area contributed by atoms with Crippen LogP contribution in [0, 0.1) is 23.7 Å². The zero-order chi connectivity index (χ0) is 59.5. The number of nitrogens with zero attached hydrogens (tertiary/aromatic N) is 2. The molecule has 2 unspecified atom stereocenters. The molecule has 0 bridgehead atoms. The number of rotatable bonds is 20. The van der Waals surface area contributed by atoms with Gasteiger partial charge in [0, 0.05) is 32.0 Å². The van der Waals surface area contributed by atoms with Gasteiger partial charge in [0.2, 0.25) is 0 Å². The summed E-state index contributed by atoms with van der Waals surface area (Å²) in [6.07, 6.45) is 0.739. The number of benzene rings is 3. The second-order valence-corrected chi connectivity index (χ2v) is 29.9. The molecule has 19 atom stereocenters. The number of aliphatic hydroxyl groups excluding tert-OH is 4. The van der Waals surface area contributed by atoms with Crippen molar-refractivity contribution in [3.8, 4) is 0 Å². The van der Waals surface area contributed by atoms with E-state index >= 15 is 0 Å². The van der Waals surface area contributed by atoms with Crippen LogP contribution in [0.2, 0.25) is 0 Å². The fraction of sp³-hybridized carbons (Fsp3) is 0.712. The van der Waals surface area contributed by atoms with Crippen LogP contribution in [0.5, 0.6) is 0 Å². The van der Waals surface area contributed by atoms with Gasteiger partial charge in [-0.2, -0.15) is 0 Å². The zero-order valence-electron chi connectivity index (χ0n) is 51.5. The van der Waals surface area contributed by atoms with E-state index in [1.165, 1.54) is 22.8 Å². The Kier molecular flexibility index (Phi) is 24.8. The fourth-order valence-electron chi connectivity index (χ4n) is 14.5. The van der Waals surface area contributed by atoms with Crippen LogP contribution < -0.4 is 15.9 Å². The van der Waals surface area contributed by atoms with Crippen LogP contribution in [0.25, 0.3) is 0 Å². The summed E-state index contributed by atoms with van der Waals surface area (Å²) in [5, 5.41) is 77.7. The van der Waals surface area contributed by atoms with Gasteiger partial charge >= 0.3 is 194 Å². The van der Waals surface area contributed by atoms with Gasteiger partial charge in [0.1, 0.15) is 23.9 Å². The normalized spacial score (nSPS) is 37.1. The minimum absolute atomic E-state index is 0.128. The van der Waals surface area contributed by atoms with Crippen molar-refractivity contribution in [3.05, 3.63) is 91.0 Å². The molecule has 3 aliphatic rings. The van der Waals surface area contributed by atoms with Gasteiger partial charge < -0.3 is 59.2 Å². The van der Waals surface area contributed by atoms with Crippen LogP contribution in [0.15, 0.2) is 91.0 Å². The largest absolute Gasteiger partial charge is 0.388 e. The standard InChI is InChI=1S/C66H107N2O12P/c1-14-55-66(10,75)59(71)48(6)68(56(69)38-30-19-17-15-16-18-20-31-39-81(50-32-24-21-25-33-50,51-34-26-22-27-35-51)52-36-28-23-29-37-52)43-44(2)41-64(8,74)61(80-63-58(70)53(67(11)12)40-45(3)77-63)46(4)57(47(5)62(73)79-55)54-42-65(9,76-13)60(72)49(7)78-54/h21-29,32-37,44-49,53-55,57-63,70-75,81H,14-20,30-31,38-43H2,1-13H3/t44-,45-,46+,47-,48-,49+,53+,54-,55-,57?,58-,59-,60+,61-,62?,63+,64-,65-,66-/m1/s1. The number of carbonyl (C=O) groups is 1. The topological polar surface area (TPSA) is 191 Å². The van der Waals surface area contributed by atoms with Crippen LogP contribution in [-0.2, 0) is 28.5 Å². The van der Waals surface area contributed by atoms with Crippen molar-refractivity contribution >= 4 is 29.1 Å². The Balaban J connectivity index is 1.18. The number of methoxy groups -OCH3 is 1.